The van der Waals surface area contributed by atoms with E-state index in [1.54, 1.807) is 0 Å². The third kappa shape index (κ3) is 1.50. The lowest BCUT2D eigenvalue weighted by Crippen LogP contribution is -1.91. The molecule has 0 aliphatic heterocycles. The van der Waals surface area contributed by atoms with Gasteiger partial charge < -0.3 is 0 Å². The Hall–Kier alpha value is -0.370. The van der Waals surface area contributed by atoms with E-state index >= 15 is 0 Å². The molecule has 1 aromatic heterocycles. The minimum Gasteiger partial charge on any atom is -0.246 e. The molecule has 2 saturated carbocycles. The zero-order valence-corrected chi connectivity index (χ0v) is 9.52. The summed E-state index contributed by atoms with van der Waals surface area (Å²) in [5, 5.41) is 3.73. The van der Waals surface area contributed by atoms with Gasteiger partial charge in [0, 0.05) is 17.2 Å². The van der Waals surface area contributed by atoms with Crippen LogP contribution in [0.5, 0.6) is 0 Å². The second-order valence-electron chi connectivity index (χ2n) is 4.91. The largest absolute Gasteiger partial charge is 0.246 e. The highest BCUT2D eigenvalue weighted by Gasteiger charge is 2.36. The summed E-state index contributed by atoms with van der Waals surface area (Å²) in [7, 11) is 0. The molecule has 2 atom stereocenters. The molecule has 0 amide bonds. The maximum absolute atomic E-state index is 4.82. The SMILES string of the molecule is C[C@@H]1C[C@H]1c1csc(C2CCCC2)n1. The van der Waals surface area contributed by atoms with Crippen molar-refractivity contribution in [3.05, 3.63) is 16.1 Å². The summed E-state index contributed by atoms with van der Waals surface area (Å²) in [6, 6.07) is 0. The van der Waals surface area contributed by atoms with Crippen molar-refractivity contribution >= 4 is 11.3 Å². The van der Waals surface area contributed by atoms with Crippen molar-refractivity contribution in [2.45, 2.75) is 50.9 Å². The predicted octanol–water partition coefficient (Wildman–Crippen LogP) is 3.92. The summed E-state index contributed by atoms with van der Waals surface area (Å²) in [6.07, 6.45) is 6.97. The van der Waals surface area contributed by atoms with Gasteiger partial charge in [0.1, 0.15) is 0 Å². The van der Waals surface area contributed by atoms with Crippen LogP contribution in [0.2, 0.25) is 0 Å². The summed E-state index contributed by atoms with van der Waals surface area (Å²) in [5.74, 6) is 2.51. The van der Waals surface area contributed by atoms with E-state index in [0.717, 1.165) is 17.8 Å². The highest BCUT2D eigenvalue weighted by atomic mass is 32.1. The van der Waals surface area contributed by atoms with E-state index in [1.165, 1.54) is 42.8 Å². The normalized spacial score (nSPS) is 32.4. The van der Waals surface area contributed by atoms with Gasteiger partial charge in [0.15, 0.2) is 0 Å². The van der Waals surface area contributed by atoms with Crippen LogP contribution in [-0.2, 0) is 0 Å². The number of hydrogen-bond donors (Lipinski definition) is 0. The van der Waals surface area contributed by atoms with Crippen LogP contribution in [-0.4, -0.2) is 4.98 Å². The molecule has 14 heavy (non-hydrogen) atoms. The fourth-order valence-corrected chi connectivity index (χ4v) is 3.62. The van der Waals surface area contributed by atoms with Crippen LogP contribution in [0, 0.1) is 5.92 Å². The Morgan fingerprint density at radius 2 is 2.07 bits per heavy atom. The first-order valence-electron chi connectivity index (χ1n) is 5.80. The molecule has 0 radical (unpaired) electrons. The van der Waals surface area contributed by atoms with Crippen molar-refractivity contribution in [1.29, 1.82) is 0 Å². The quantitative estimate of drug-likeness (QED) is 0.716. The molecule has 2 fully saturated rings. The Kier molecular flexibility index (Phi) is 2.12. The van der Waals surface area contributed by atoms with Crippen molar-refractivity contribution < 1.29 is 0 Å². The molecule has 1 nitrogen and oxygen atoms in total. The van der Waals surface area contributed by atoms with Gasteiger partial charge in [-0.3, -0.25) is 0 Å². The summed E-state index contributed by atoms with van der Waals surface area (Å²) in [6.45, 7) is 2.33. The van der Waals surface area contributed by atoms with Crippen LogP contribution in [0.25, 0.3) is 0 Å². The topological polar surface area (TPSA) is 12.9 Å². The van der Waals surface area contributed by atoms with Gasteiger partial charge in [0.05, 0.1) is 10.7 Å². The molecule has 0 N–H and O–H groups in total. The second kappa shape index (κ2) is 3.34. The van der Waals surface area contributed by atoms with E-state index in [9.17, 15) is 0 Å². The Bertz CT molecular complexity index is 325. The summed E-state index contributed by atoms with van der Waals surface area (Å²) in [4.78, 5) is 4.82. The number of rotatable bonds is 2. The van der Waals surface area contributed by atoms with Crippen LogP contribution >= 0.6 is 11.3 Å². The summed E-state index contributed by atoms with van der Waals surface area (Å²) < 4.78 is 0. The molecule has 0 bridgehead atoms. The minimum atomic E-state index is 0.807. The fourth-order valence-electron chi connectivity index (χ4n) is 2.57. The van der Waals surface area contributed by atoms with Crippen molar-refractivity contribution in [3.8, 4) is 0 Å². The third-order valence-corrected chi connectivity index (χ3v) is 4.76. The Balaban J connectivity index is 1.76. The van der Waals surface area contributed by atoms with E-state index < -0.39 is 0 Å². The van der Waals surface area contributed by atoms with Crippen molar-refractivity contribution in [1.82, 2.24) is 4.98 Å². The smallest absolute Gasteiger partial charge is 0.0959 e. The van der Waals surface area contributed by atoms with Gasteiger partial charge in [0.2, 0.25) is 0 Å². The zero-order chi connectivity index (χ0) is 9.54. The van der Waals surface area contributed by atoms with Gasteiger partial charge in [-0.25, -0.2) is 4.98 Å². The fraction of sp³-hybridized carbons (Fsp3) is 0.750. The Morgan fingerprint density at radius 3 is 2.71 bits per heavy atom. The van der Waals surface area contributed by atoms with E-state index in [2.05, 4.69) is 12.3 Å². The van der Waals surface area contributed by atoms with Crippen LogP contribution in [0.1, 0.15) is 61.6 Å². The first kappa shape index (κ1) is 8.90. The number of hydrogen-bond acceptors (Lipinski definition) is 2. The molecule has 3 rings (SSSR count). The van der Waals surface area contributed by atoms with Crippen LogP contribution in [0.4, 0.5) is 0 Å². The van der Waals surface area contributed by atoms with Crippen LogP contribution in [0.15, 0.2) is 5.38 Å². The maximum Gasteiger partial charge on any atom is 0.0959 e. The molecule has 0 aromatic carbocycles. The maximum atomic E-state index is 4.82. The summed E-state index contributed by atoms with van der Waals surface area (Å²) in [5.41, 5.74) is 1.39. The van der Waals surface area contributed by atoms with Gasteiger partial charge in [0.25, 0.3) is 0 Å². The number of thiazole rings is 1. The average molecular weight is 207 g/mol. The van der Waals surface area contributed by atoms with Crippen molar-refractivity contribution in [2.75, 3.05) is 0 Å². The first-order valence-corrected chi connectivity index (χ1v) is 6.68. The highest BCUT2D eigenvalue weighted by molar-refractivity contribution is 7.09. The number of aromatic nitrogens is 1. The molecule has 1 heterocycles. The molecule has 0 spiro atoms. The van der Waals surface area contributed by atoms with Crippen LogP contribution in [0.3, 0.4) is 0 Å². The second-order valence-corrected chi connectivity index (χ2v) is 5.80. The molecular formula is C12H17NS. The van der Waals surface area contributed by atoms with E-state index in [-0.39, 0.29) is 0 Å². The first-order chi connectivity index (χ1) is 6.84. The molecule has 1 aromatic rings. The van der Waals surface area contributed by atoms with E-state index in [4.69, 9.17) is 4.98 Å². The molecule has 76 valence electrons. The Labute approximate surface area is 89.6 Å². The van der Waals surface area contributed by atoms with Gasteiger partial charge in [-0.1, -0.05) is 19.8 Å². The lowest BCUT2D eigenvalue weighted by molar-refractivity contribution is 0.710. The monoisotopic (exact) mass is 207 g/mol. The van der Waals surface area contributed by atoms with E-state index in [0.29, 0.717) is 0 Å². The lowest BCUT2D eigenvalue weighted by Gasteiger charge is -2.02. The standard InChI is InChI=1S/C12H17NS/c1-8-6-10(8)11-7-14-12(13-11)9-4-2-3-5-9/h7-10H,2-6H2,1H3/t8-,10-/m1/s1. The number of nitrogens with zero attached hydrogens (tertiary/aromatic N) is 1. The molecule has 2 aliphatic rings. The third-order valence-electron chi connectivity index (χ3n) is 3.73. The molecule has 2 heteroatoms. The van der Waals surface area contributed by atoms with Gasteiger partial charge in [-0.05, 0) is 25.2 Å². The van der Waals surface area contributed by atoms with Gasteiger partial charge >= 0.3 is 0 Å². The molecule has 0 unspecified atom stereocenters. The summed E-state index contributed by atoms with van der Waals surface area (Å²) >= 11 is 1.91. The molecule has 2 aliphatic carbocycles. The lowest BCUT2D eigenvalue weighted by atomic mass is 10.1. The highest BCUT2D eigenvalue weighted by Crippen LogP contribution is 2.48. The van der Waals surface area contributed by atoms with Gasteiger partial charge in [-0.15, -0.1) is 11.3 Å². The van der Waals surface area contributed by atoms with Crippen molar-refractivity contribution in [3.63, 3.8) is 0 Å². The predicted molar refractivity (Wildman–Crippen MR) is 59.8 cm³/mol. The average Bonchev–Trinajstić information content (AvgIpc) is 2.72. The zero-order valence-electron chi connectivity index (χ0n) is 8.70. The molecular weight excluding hydrogens is 190 g/mol. The van der Waals surface area contributed by atoms with Gasteiger partial charge in [-0.2, -0.15) is 0 Å². The Morgan fingerprint density at radius 1 is 1.36 bits per heavy atom. The van der Waals surface area contributed by atoms with E-state index in [1.807, 2.05) is 11.3 Å². The van der Waals surface area contributed by atoms with Crippen LogP contribution < -0.4 is 0 Å². The molecule has 0 saturated heterocycles. The minimum absolute atomic E-state index is 0.807. The van der Waals surface area contributed by atoms with Crippen molar-refractivity contribution in [2.24, 2.45) is 5.92 Å².